The quantitative estimate of drug-likeness (QED) is 0.577. The molecule has 1 rings (SSSR count). The van der Waals surface area contributed by atoms with Gasteiger partial charge in [0.15, 0.2) is 5.78 Å². The van der Waals surface area contributed by atoms with Crippen molar-refractivity contribution in [2.24, 2.45) is 0 Å². The summed E-state index contributed by atoms with van der Waals surface area (Å²) in [5.41, 5.74) is 7.76. The molecule has 1 atom stereocenters. The van der Waals surface area contributed by atoms with E-state index in [1.54, 1.807) is 19.2 Å². The largest absolute Gasteiger partial charge is 0.398 e. The van der Waals surface area contributed by atoms with Crippen LogP contribution in [-0.4, -0.2) is 25.5 Å². The number of nitrogens with two attached hydrogens (primary N) is 1. The Hall–Kier alpha value is -1.55. The van der Waals surface area contributed by atoms with E-state index < -0.39 is 0 Å². The number of rotatable bonds is 7. The fourth-order valence-corrected chi connectivity index (χ4v) is 1.93. The Labute approximate surface area is 109 Å². The Kier molecular flexibility index (Phi) is 5.65. The summed E-state index contributed by atoms with van der Waals surface area (Å²) in [5, 5.41) is 3.37. The van der Waals surface area contributed by atoms with Gasteiger partial charge in [0.25, 0.3) is 0 Å². The van der Waals surface area contributed by atoms with E-state index in [4.69, 9.17) is 10.5 Å². The van der Waals surface area contributed by atoms with Gasteiger partial charge in [0.1, 0.15) is 0 Å². The molecule has 0 aliphatic rings. The molecule has 0 aliphatic carbocycles. The number of Topliss-reactive ketones (excluding diaryl/α,β-unsaturated/α-hetero) is 1. The van der Waals surface area contributed by atoms with Crippen LogP contribution in [0.3, 0.4) is 0 Å². The second-order valence-corrected chi connectivity index (χ2v) is 4.44. The predicted octanol–water partition coefficient (Wildman–Crippen LogP) is 2.70. The molecule has 0 aromatic heterocycles. The topological polar surface area (TPSA) is 64.3 Å². The number of nitrogens with one attached hydrogen (secondary N) is 1. The van der Waals surface area contributed by atoms with Gasteiger partial charge in [-0.25, -0.2) is 0 Å². The highest BCUT2D eigenvalue weighted by molar-refractivity contribution is 6.00. The van der Waals surface area contributed by atoms with Crippen molar-refractivity contribution in [3.05, 3.63) is 23.8 Å². The lowest BCUT2D eigenvalue weighted by Crippen LogP contribution is -2.24. The number of benzene rings is 1. The van der Waals surface area contributed by atoms with E-state index in [0.717, 1.165) is 18.5 Å². The van der Waals surface area contributed by atoms with E-state index >= 15 is 0 Å². The van der Waals surface area contributed by atoms with Gasteiger partial charge in [0, 0.05) is 30.1 Å². The van der Waals surface area contributed by atoms with E-state index in [2.05, 4.69) is 12.2 Å². The Morgan fingerprint density at radius 1 is 1.50 bits per heavy atom. The zero-order valence-electron chi connectivity index (χ0n) is 11.3. The van der Waals surface area contributed by atoms with E-state index in [0.29, 0.717) is 17.9 Å². The SMILES string of the molecule is CCCC(COC)Nc1ccc(N)c(C(C)=O)c1. The predicted molar refractivity (Wildman–Crippen MR) is 75.1 cm³/mol. The summed E-state index contributed by atoms with van der Waals surface area (Å²) in [5.74, 6) is -0.0186. The van der Waals surface area contributed by atoms with Crippen molar-refractivity contribution in [1.82, 2.24) is 0 Å². The molecule has 0 bridgehead atoms. The van der Waals surface area contributed by atoms with Crippen molar-refractivity contribution in [2.75, 3.05) is 24.8 Å². The zero-order chi connectivity index (χ0) is 13.5. The first kappa shape index (κ1) is 14.5. The van der Waals surface area contributed by atoms with Gasteiger partial charge in [-0.15, -0.1) is 0 Å². The fraction of sp³-hybridized carbons (Fsp3) is 0.500. The number of carbonyl (C=O) groups is 1. The van der Waals surface area contributed by atoms with Gasteiger partial charge in [-0.05, 0) is 31.5 Å². The van der Waals surface area contributed by atoms with Crippen molar-refractivity contribution >= 4 is 17.2 Å². The summed E-state index contributed by atoms with van der Waals surface area (Å²) in [6, 6.07) is 5.70. The van der Waals surface area contributed by atoms with Crippen LogP contribution in [0, 0.1) is 0 Å². The normalized spacial score (nSPS) is 12.2. The number of methoxy groups -OCH3 is 1. The lowest BCUT2D eigenvalue weighted by molar-refractivity contribution is 0.101. The Morgan fingerprint density at radius 3 is 2.78 bits per heavy atom. The second-order valence-electron chi connectivity index (χ2n) is 4.44. The molecule has 4 nitrogen and oxygen atoms in total. The lowest BCUT2D eigenvalue weighted by atomic mass is 10.1. The molecule has 18 heavy (non-hydrogen) atoms. The van der Waals surface area contributed by atoms with E-state index in [1.165, 1.54) is 6.92 Å². The van der Waals surface area contributed by atoms with E-state index in [1.807, 2.05) is 6.07 Å². The minimum atomic E-state index is -0.0186. The number of ketones is 1. The third-order valence-corrected chi connectivity index (χ3v) is 2.81. The summed E-state index contributed by atoms with van der Waals surface area (Å²) < 4.78 is 5.18. The van der Waals surface area contributed by atoms with Crippen molar-refractivity contribution in [3.8, 4) is 0 Å². The van der Waals surface area contributed by atoms with E-state index in [9.17, 15) is 4.79 Å². The summed E-state index contributed by atoms with van der Waals surface area (Å²) in [7, 11) is 1.69. The minimum absolute atomic E-state index is 0.0186. The Balaban J connectivity index is 2.82. The molecule has 1 aromatic rings. The Bertz CT molecular complexity index is 399. The van der Waals surface area contributed by atoms with Gasteiger partial charge in [-0.2, -0.15) is 0 Å². The van der Waals surface area contributed by atoms with Crippen molar-refractivity contribution in [3.63, 3.8) is 0 Å². The average molecular weight is 250 g/mol. The first-order valence-electron chi connectivity index (χ1n) is 6.24. The maximum atomic E-state index is 11.4. The number of carbonyl (C=O) groups excluding carboxylic acids is 1. The maximum Gasteiger partial charge on any atom is 0.161 e. The van der Waals surface area contributed by atoms with Gasteiger partial charge in [0.05, 0.1) is 6.61 Å². The zero-order valence-corrected chi connectivity index (χ0v) is 11.3. The van der Waals surface area contributed by atoms with Gasteiger partial charge in [-0.3, -0.25) is 4.79 Å². The van der Waals surface area contributed by atoms with Crippen LogP contribution >= 0.6 is 0 Å². The van der Waals surface area contributed by atoms with Gasteiger partial charge in [-0.1, -0.05) is 13.3 Å². The third kappa shape index (κ3) is 4.04. The average Bonchev–Trinajstić information content (AvgIpc) is 2.32. The highest BCUT2D eigenvalue weighted by Gasteiger charge is 2.10. The van der Waals surface area contributed by atoms with Gasteiger partial charge < -0.3 is 15.8 Å². The monoisotopic (exact) mass is 250 g/mol. The number of hydrogen-bond acceptors (Lipinski definition) is 4. The summed E-state index contributed by atoms with van der Waals surface area (Å²) in [6.45, 7) is 4.30. The summed E-state index contributed by atoms with van der Waals surface area (Å²) in [4.78, 5) is 11.4. The van der Waals surface area contributed by atoms with Crippen LogP contribution in [-0.2, 0) is 4.74 Å². The number of anilines is 2. The van der Waals surface area contributed by atoms with Crippen LogP contribution in [0.5, 0.6) is 0 Å². The summed E-state index contributed by atoms with van der Waals surface area (Å²) >= 11 is 0. The van der Waals surface area contributed by atoms with Crippen molar-refractivity contribution in [2.45, 2.75) is 32.7 Å². The molecule has 100 valence electrons. The smallest absolute Gasteiger partial charge is 0.161 e. The first-order chi connectivity index (χ1) is 8.58. The summed E-state index contributed by atoms with van der Waals surface area (Å²) in [6.07, 6.45) is 2.10. The number of ether oxygens (including phenoxy) is 1. The molecule has 0 amide bonds. The van der Waals surface area contributed by atoms with Crippen molar-refractivity contribution in [1.29, 1.82) is 0 Å². The molecule has 0 saturated carbocycles. The number of nitrogen functional groups attached to an aromatic ring is 1. The molecule has 1 unspecified atom stereocenters. The molecular weight excluding hydrogens is 228 g/mol. The second kappa shape index (κ2) is 7.01. The van der Waals surface area contributed by atoms with Crippen LogP contribution in [0.1, 0.15) is 37.0 Å². The molecule has 0 aliphatic heterocycles. The van der Waals surface area contributed by atoms with Crippen molar-refractivity contribution < 1.29 is 9.53 Å². The van der Waals surface area contributed by atoms with Crippen LogP contribution in [0.15, 0.2) is 18.2 Å². The molecule has 1 aromatic carbocycles. The molecule has 0 heterocycles. The molecule has 4 heteroatoms. The molecule has 0 fully saturated rings. The van der Waals surface area contributed by atoms with Crippen LogP contribution in [0.4, 0.5) is 11.4 Å². The molecular formula is C14H22N2O2. The first-order valence-corrected chi connectivity index (χ1v) is 6.24. The van der Waals surface area contributed by atoms with Crippen LogP contribution < -0.4 is 11.1 Å². The van der Waals surface area contributed by atoms with Crippen LogP contribution in [0.25, 0.3) is 0 Å². The molecule has 0 radical (unpaired) electrons. The Morgan fingerprint density at radius 2 is 2.22 bits per heavy atom. The highest BCUT2D eigenvalue weighted by atomic mass is 16.5. The lowest BCUT2D eigenvalue weighted by Gasteiger charge is -2.19. The highest BCUT2D eigenvalue weighted by Crippen LogP contribution is 2.19. The number of hydrogen-bond donors (Lipinski definition) is 2. The standard InChI is InChI=1S/C14H22N2O2/c1-4-5-12(9-18-3)16-11-6-7-14(15)13(8-11)10(2)17/h6-8,12,16H,4-5,9,15H2,1-3H3. The van der Waals surface area contributed by atoms with Gasteiger partial charge >= 0.3 is 0 Å². The minimum Gasteiger partial charge on any atom is -0.398 e. The maximum absolute atomic E-state index is 11.4. The molecule has 0 spiro atoms. The van der Waals surface area contributed by atoms with Crippen LogP contribution in [0.2, 0.25) is 0 Å². The van der Waals surface area contributed by atoms with Gasteiger partial charge in [0.2, 0.25) is 0 Å². The molecule has 0 saturated heterocycles. The van der Waals surface area contributed by atoms with E-state index in [-0.39, 0.29) is 11.8 Å². The fourth-order valence-electron chi connectivity index (χ4n) is 1.93. The molecule has 3 N–H and O–H groups in total. The third-order valence-electron chi connectivity index (χ3n) is 2.81.